The average molecular weight is 288 g/mol. The first-order valence-corrected chi connectivity index (χ1v) is 7.47. The average Bonchev–Trinajstić information content (AvgIpc) is 3.13. The third-order valence-electron chi connectivity index (χ3n) is 4.29. The molecule has 0 N–H and O–H groups in total. The highest BCUT2D eigenvalue weighted by molar-refractivity contribution is 6.15. The van der Waals surface area contributed by atoms with Gasteiger partial charge in [0, 0.05) is 24.4 Å². The molecule has 3 nitrogen and oxygen atoms in total. The summed E-state index contributed by atoms with van der Waals surface area (Å²) in [4.78, 5) is 12.6. The fourth-order valence-electron chi connectivity index (χ4n) is 3.25. The lowest BCUT2D eigenvalue weighted by Gasteiger charge is -2.06. The number of carbonyl (C=O) groups excluding carboxylic acids is 1. The van der Waals surface area contributed by atoms with Crippen LogP contribution in [0.3, 0.4) is 0 Å². The molecule has 0 amide bonds. The Morgan fingerprint density at radius 2 is 2.00 bits per heavy atom. The predicted molar refractivity (Wildman–Crippen MR) is 87.9 cm³/mol. The van der Waals surface area contributed by atoms with E-state index in [9.17, 15) is 4.79 Å². The largest absolute Gasteiger partial charge is 0.289 e. The van der Waals surface area contributed by atoms with E-state index in [1.807, 2.05) is 31.5 Å². The van der Waals surface area contributed by atoms with Gasteiger partial charge in [0.05, 0.1) is 6.20 Å². The highest BCUT2D eigenvalue weighted by Gasteiger charge is 2.17. The van der Waals surface area contributed by atoms with E-state index in [1.54, 1.807) is 17.0 Å². The van der Waals surface area contributed by atoms with E-state index >= 15 is 0 Å². The van der Waals surface area contributed by atoms with Crippen LogP contribution in [0.15, 0.2) is 48.8 Å². The standard InChI is InChI=1S/C19H16N2O/c1-21-12-13(11-20-21)5-10-18(22)16-9-8-15-7-6-14-3-2-4-17(16)19(14)15/h2-5,8-12H,6-7H2,1H3/b10-5+. The van der Waals surface area contributed by atoms with Gasteiger partial charge in [-0.05, 0) is 46.9 Å². The van der Waals surface area contributed by atoms with Crippen molar-refractivity contribution in [2.24, 2.45) is 7.05 Å². The second-order valence-electron chi connectivity index (χ2n) is 5.76. The third kappa shape index (κ3) is 2.06. The summed E-state index contributed by atoms with van der Waals surface area (Å²) in [7, 11) is 1.86. The lowest BCUT2D eigenvalue weighted by Crippen LogP contribution is -1.96. The number of nitrogens with zero attached hydrogens (tertiary/aromatic N) is 2. The van der Waals surface area contributed by atoms with E-state index in [0.717, 1.165) is 29.4 Å². The van der Waals surface area contributed by atoms with E-state index in [-0.39, 0.29) is 5.78 Å². The molecule has 1 heterocycles. The van der Waals surface area contributed by atoms with Crippen molar-refractivity contribution in [3.8, 4) is 0 Å². The van der Waals surface area contributed by atoms with Crippen LogP contribution in [0.4, 0.5) is 0 Å². The van der Waals surface area contributed by atoms with Crippen molar-refractivity contribution in [2.45, 2.75) is 12.8 Å². The zero-order chi connectivity index (χ0) is 15.1. The molecule has 4 rings (SSSR count). The minimum atomic E-state index is 0.0412. The Hall–Kier alpha value is -2.68. The first-order valence-electron chi connectivity index (χ1n) is 7.47. The molecule has 3 heteroatoms. The van der Waals surface area contributed by atoms with Gasteiger partial charge in [0.2, 0.25) is 0 Å². The van der Waals surface area contributed by atoms with Gasteiger partial charge in [-0.15, -0.1) is 0 Å². The molecule has 1 aromatic heterocycles. The van der Waals surface area contributed by atoms with Crippen molar-refractivity contribution < 1.29 is 4.79 Å². The van der Waals surface area contributed by atoms with Crippen LogP contribution in [0.25, 0.3) is 16.8 Å². The lowest BCUT2D eigenvalue weighted by atomic mass is 9.97. The SMILES string of the molecule is Cn1cc(/C=C/C(=O)c2ccc3c4c(cccc24)CC3)cn1. The number of carbonyl (C=O) groups is 1. The van der Waals surface area contributed by atoms with E-state index in [4.69, 9.17) is 0 Å². The van der Waals surface area contributed by atoms with Crippen LogP contribution in [0.5, 0.6) is 0 Å². The van der Waals surface area contributed by atoms with E-state index in [1.165, 1.54) is 16.5 Å². The molecule has 0 aliphatic heterocycles. The summed E-state index contributed by atoms with van der Waals surface area (Å²) >= 11 is 0. The first kappa shape index (κ1) is 13.0. The highest BCUT2D eigenvalue weighted by Crippen LogP contribution is 2.33. The third-order valence-corrected chi connectivity index (χ3v) is 4.29. The topological polar surface area (TPSA) is 34.9 Å². The molecule has 3 aromatic rings. The Kier molecular flexibility index (Phi) is 2.93. The molecule has 22 heavy (non-hydrogen) atoms. The fourth-order valence-corrected chi connectivity index (χ4v) is 3.25. The van der Waals surface area contributed by atoms with Crippen LogP contribution < -0.4 is 0 Å². The Bertz CT molecular complexity index is 908. The normalized spacial score (nSPS) is 13.3. The van der Waals surface area contributed by atoms with Crippen LogP contribution in [0, 0.1) is 0 Å². The molecule has 2 aromatic carbocycles. The molecule has 1 aliphatic rings. The van der Waals surface area contributed by atoms with Gasteiger partial charge in [0.1, 0.15) is 0 Å². The zero-order valence-electron chi connectivity index (χ0n) is 12.4. The van der Waals surface area contributed by atoms with Crippen molar-refractivity contribution >= 4 is 22.6 Å². The molecule has 0 bridgehead atoms. The van der Waals surface area contributed by atoms with Crippen molar-refractivity contribution in [3.63, 3.8) is 0 Å². The maximum absolute atomic E-state index is 12.6. The monoisotopic (exact) mass is 288 g/mol. The number of hydrogen-bond acceptors (Lipinski definition) is 2. The van der Waals surface area contributed by atoms with E-state index < -0.39 is 0 Å². The van der Waals surface area contributed by atoms with Crippen LogP contribution in [-0.2, 0) is 19.9 Å². The maximum Gasteiger partial charge on any atom is 0.186 e. The summed E-state index contributed by atoms with van der Waals surface area (Å²) in [5.74, 6) is 0.0412. The number of allylic oxidation sites excluding steroid dienone is 1. The molecule has 0 fully saturated rings. The maximum atomic E-state index is 12.6. The van der Waals surface area contributed by atoms with Gasteiger partial charge in [-0.2, -0.15) is 5.10 Å². The molecule has 108 valence electrons. The summed E-state index contributed by atoms with van der Waals surface area (Å²) in [5.41, 5.74) is 4.43. The Morgan fingerprint density at radius 1 is 1.18 bits per heavy atom. The van der Waals surface area contributed by atoms with Crippen LogP contribution >= 0.6 is 0 Å². The molecular weight excluding hydrogens is 272 g/mol. The minimum Gasteiger partial charge on any atom is -0.289 e. The number of ketones is 1. The van der Waals surface area contributed by atoms with Crippen molar-refractivity contribution in [2.75, 3.05) is 0 Å². The van der Waals surface area contributed by atoms with Gasteiger partial charge < -0.3 is 0 Å². The predicted octanol–water partition coefficient (Wildman–Crippen LogP) is 3.57. The molecule has 0 spiro atoms. The molecule has 0 radical (unpaired) electrons. The second-order valence-corrected chi connectivity index (χ2v) is 5.76. The number of aromatic nitrogens is 2. The van der Waals surface area contributed by atoms with Gasteiger partial charge in [-0.3, -0.25) is 9.48 Å². The van der Waals surface area contributed by atoms with Gasteiger partial charge in [0.15, 0.2) is 5.78 Å². The highest BCUT2D eigenvalue weighted by atomic mass is 16.1. The smallest absolute Gasteiger partial charge is 0.186 e. The quantitative estimate of drug-likeness (QED) is 0.545. The van der Waals surface area contributed by atoms with Crippen LogP contribution in [0.2, 0.25) is 0 Å². The summed E-state index contributed by atoms with van der Waals surface area (Å²) in [6.45, 7) is 0. The van der Waals surface area contributed by atoms with E-state index in [2.05, 4.69) is 23.3 Å². The van der Waals surface area contributed by atoms with Crippen molar-refractivity contribution in [1.29, 1.82) is 0 Å². The first-order chi connectivity index (χ1) is 10.7. The van der Waals surface area contributed by atoms with Gasteiger partial charge in [0.25, 0.3) is 0 Å². The molecule has 1 aliphatic carbocycles. The Labute approximate surface area is 128 Å². The van der Waals surface area contributed by atoms with Gasteiger partial charge in [-0.1, -0.05) is 30.3 Å². The Balaban J connectivity index is 1.75. The number of hydrogen-bond donors (Lipinski definition) is 0. The van der Waals surface area contributed by atoms with Gasteiger partial charge >= 0.3 is 0 Å². The summed E-state index contributed by atoms with van der Waals surface area (Å²) in [6.07, 6.45) is 9.24. The van der Waals surface area contributed by atoms with Crippen molar-refractivity contribution in [3.05, 3.63) is 71.1 Å². The van der Waals surface area contributed by atoms with E-state index in [0.29, 0.717) is 0 Å². The van der Waals surface area contributed by atoms with Crippen LogP contribution in [-0.4, -0.2) is 15.6 Å². The second kappa shape index (κ2) is 4.95. The lowest BCUT2D eigenvalue weighted by molar-refractivity contribution is 0.104. The zero-order valence-corrected chi connectivity index (χ0v) is 12.4. The number of benzene rings is 2. The molecule has 0 saturated heterocycles. The molecule has 0 atom stereocenters. The Morgan fingerprint density at radius 3 is 2.77 bits per heavy atom. The van der Waals surface area contributed by atoms with Crippen molar-refractivity contribution in [1.82, 2.24) is 9.78 Å². The van der Waals surface area contributed by atoms with Gasteiger partial charge in [-0.25, -0.2) is 0 Å². The number of rotatable bonds is 3. The molecule has 0 saturated carbocycles. The molecular formula is C19H16N2O. The summed E-state index contributed by atoms with van der Waals surface area (Å²) in [5, 5.41) is 6.46. The van der Waals surface area contributed by atoms with Crippen LogP contribution in [0.1, 0.15) is 27.0 Å². The fraction of sp³-hybridized carbons (Fsp3) is 0.158. The summed E-state index contributed by atoms with van der Waals surface area (Å²) < 4.78 is 1.73. The number of aryl methyl sites for hydroxylation is 3. The molecule has 0 unspecified atom stereocenters. The minimum absolute atomic E-state index is 0.0412. The summed E-state index contributed by atoms with van der Waals surface area (Å²) in [6, 6.07) is 10.3.